The van der Waals surface area contributed by atoms with E-state index in [0.717, 1.165) is 20.5 Å². The number of benzene rings is 2. The van der Waals surface area contributed by atoms with Crippen molar-refractivity contribution in [2.45, 2.75) is 121 Å². The Hall–Kier alpha value is -5.16. The summed E-state index contributed by atoms with van der Waals surface area (Å²) in [6, 6.07) is 15.0. The summed E-state index contributed by atoms with van der Waals surface area (Å²) >= 11 is 0. The molecule has 61 heavy (non-hydrogen) atoms. The first-order valence-corrected chi connectivity index (χ1v) is 20.5. The normalized spacial score (nSPS) is 33.6. The number of aliphatic hydroxyl groups is 3. The van der Waals surface area contributed by atoms with Crippen LogP contribution >= 0.6 is 0 Å². The van der Waals surface area contributed by atoms with E-state index in [2.05, 4.69) is 5.32 Å². The number of carbonyl (C=O) groups excluding carboxylic acids is 6. The fraction of sp³-hybridized carbons (Fsp3) is 0.556. The van der Waals surface area contributed by atoms with E-state index < -0.39 is 107 Å². The van der Waals surface area contributed by atoms with Crippen LogP contribution in [0.3, 0.4) is 0 Å². The molecule has 5 aliphatic rings. The monoisotopic (exact) mass is 847 g/mol. The quantitative estimate of drug-likeness (QED) is 0.153. The second-order valence-corrected chi connectivity index (χ2v) is 17.6. The number of aliphatic hydroxyl groups excluding tert-OH is 2. The van der Waals surface area contributed by atoms with E-state index in [0.29, 0.717) is 18.4 Å². The second kappa shape index (κ2) is 16.3. The van der Waals surface area contributed by atoms with Crippen molar-refractivity contribution in [2.24, 2.45) is 22.7 Å². The van der Waals surface area contributed by atoms with Gasteiger partial charge in [-0.3, -0.25) is 14.4 Å². The van der Waals surface area contributed by atoms with E-state index in [1.807, 2.05) is 0 Å². The Bertz CT molecular complexity index is 2100. The zero-order valence-electron chi connectivity index (χ0n) is 35.0. The third kappa shape index (κ3) is 7.20. The molecule has 7 rings (SSSR count). The van der Waals surface area contributed by atoms with Crippen molar-refractivity contribution in [3.63, 3.8) is 0 Å². The molecule has 3 unspecified atom stereocenters. The highest BCUT2D eigenvalue weighted by molar-refractivity contribution is 5.95. The minimum absolute atomic E-state index is 0.00538. The minimum atomic E-state index is -2.41. The predicted molar refractivity (Wildman–Crippen MR) is 211 cm³/mol. The molecule has 0 radical (unpaired) electrons. The maximum absolute atomic E-state index is 15.5. The number of ether oxygens (including phenoxy) is 6. The van der Waals surface area contributed by atoms with Gasteiger partial charge in [0.2, 0.25) is 5.91 Å². The third-order valence-electron chi connectivity index (χ3n) is 14.0. The van der Waals surface area contributed by atoms with Gasteiger partial charge in [-0.25, -0.2) is 14.4 Å². The van der Waals surface area contributed by atoms with Gasteiger partial charge in [-0.2, -0.15) is 0 Å². The predicted octanol–water partition coefficient (Wildman–Crippen LogP) is 3.44. The number of hydrogen-bond acceptors (Lipinski definition) is 15. The molecule has 1 heterocycles. The topological polar surface area (TPSA) is 231 Å². The fourth-order valence-electron chi connectivity index (χ4n) is 10.2. The molecule has 16 nitrogen and oxygen atoms in total. The van der Waals surface area contributed by atoms with Crippen molar-refractivity contribution < 1.29 is 72.5 Å². The number of fused-ring (bicyclic) bond motifs is 5. The largest absolute Gasteiger partial charge is 0.508 e. The molecule has 1 saturated heterocycles. The van der Waals surface area contributed by atoms with Gasteiger partial charge in [-0.05, 0) is 55.5 Å². The van der Waals surface area contributed by atoms with Gasteiger partial charge in [0.25, 0.3) is 0 Å². The summed E-state index contributed by atoms with van der Waals surface area (Å²) in [6.07, 6.45) is -9.63. The van der Waals surface area contributed by atoms with Gasteiger partial charge in [0, 0.05) is 31.1 Å². The zero-order chi connectivity index (χ0) is 44.2. The maximum atomic E-state index is 15.5. The average molecular weight is 848 g/mol. The number of nitrogens with one attached hydrogen (secondary N) is 1. The molecule has 0 aromatic heterocycles. The average Bonchev–Trinajstić information content (AvgIpc) is 3.20. The van der Waals surface area contributed by atoms with Crippen molar-refractivity contribution in [3.8, 4) is 0 Å². The van der Waals surface area contributed by atoms with Gasteiger partial charge in [-0.15, -0.1) is 0 Å². The highest BCUT2D eigenvalue weighted by atomic mass is 16.8. The highest BCUT2D eigenvalue weighted by Gasteiger charge is 2.78. The molecule has 1 aliphatic heterocycles. The number of ketones is 1. The first kappa shape index (κ1) is 43.9. The summed E-state index contributed by atoms with van der Waals surface area (Å²) in [5.41, 5.74) is -7.41. The molecule has 4 N–H and O–H groups in total. The lowest BCUT2D eigenvalue weighted by molar-refractivity contribution is -0.344. The molecule has 1 amide bonds. The smallest absolute Gasteiger partial charge is 0.456 e. The van der Waals surface area contributed by atoms with E-state index in [1.54, 1.807) is 62.4 Å². The van der Waals surface area contributed by atoms with Crippen LogP contribution in [0.25, 0.3) is 0 Å². The first-order chi connectivity index (χ1) is 28.8. The van der Waals surface area contributed by atoms with Crippen LogP contribution in [-0.2, 0) is 47.6 Å². The van der Waals surface area contributed by atoms with Crippen LogP contribution in [0.1, 0.15) is 88.7 Å². The van der Waals surface area contributed by atoms with Gasteiger partial charge in [0.1, 0.15) is 23.9 Å². The Morgan fingerprint density at radius 2 is 1.57 bits per heavy atom. The Balaban J connectivity index is 1.39. The van der Waals surface area contributed by atoms with Gasteiger partial charge >= 0.3 is 24.1 Å². The standard InChI is InChI=1S/C45H53NO15/c1-23-28(59-40(53)33(49)32(25-14-9-7-10-15-25)46-38(51)26-18-13-19-26)21-45(55)37(60-39(52)27-16-11-8-12-17-27)35-43(5,36(50)34(58-24(2)47)31(23)42(45,3)4)29(48)20-30-44(35,22-57-30)61-41(54)56-6/h7-12,14-17,26,28-30,32-35,37,48-49,55H,13,18-22H2,1-6H3,(H,46,51)/t28-,29-,30?,32-,33+,34+,35?,37?,43+,44-,45+/m0/s1. The summed E-state index contributed by atoms with van der Waals surface area (Å²) in [5, 5.41) is 40.3. The molecule has 0 spiro atoms. The van der Waals surface area contributed by atoms with E-state index in [1.165, 1.54) is 26.0 Å². The number of Topliss-reactive ketones (excluding diaryl/α,β-unsaturated/α-hetero) is 1. The maximum Gasteiger partial charge on any atom is 0.508 e. The van der Waals surface area contributed by atoms with Crippen LogP contribution in [0.4, 0.5) is 4.79 Å². The Kier molecular flexibility index (Phi) is 11.7. The van der Waals surface area contributed by atoms with E-state index in [4.69, 9.17) is 28.4 Å². The molecule has 11 atom stereocenters. The van der Waals surface area contributed by atoms with Crippen LogP contribution in [0.5, 0.6) is 0 Å². The summed E-state index contributed by atoms with van der Waals surface area (Å²) in [6.45, 7) is 6.72. The van der Waals surface area contributed by atoms with E-state index in [-0.39, 0.29) is 41.6 Å². The van der Waals surface area contributed by atoms with Crippen molar-refractivity contribution in [1.29, 1.82) is 0 Å². The van der Waals surface area contributed by atoms with Crippen LogP contribution in [0, 0.1) is 22.7 Å². The molecule has 4 fully saturated rings. The molecule has 2 aromatic rings. The number of amides is 1. The Morgan fingerprint density at radius 1 is 0.934 bits per heavy atom. The fourth-order valence-corrected chi connectivity index (χ4v) is 10.2. The lowest BCUT2D eigenvalue weighted by Crippen LogP contribution is -2.82. The van der Waals surface area contributed by atoms with E-state index in [9.17, 15) is 39.3 Å². The summed E-state index contributed by atoms with van der Waals surface area (Å²) in [7, 11) is 1.07. The van der Waals surface area contributed by atoms with Crippen LogP contribution in [0.2, 0.25) is 0 Å². The van der Waals surface area contributed by atoms with Gasteiger partial charge in [0.05, 0.1) is 42.8 Å². The second-order valence-electron chi connectivity index (χ2n) is 17.6. The zero-order valence-corrected chi connectivity index (χ0v) is 35.0. The third-order valence-corrected chi connectivity index (χ3v) is 14.0. The van der Waals surface area contributed by atoms with Crippen molar-refractivity contribution in [2.75, 3.05) is 13.7 Å². The van der Waals surface area contributed by atoms with Crippen LogP contribution in [0.15, 0.2) is 71.8 Å². The molecule has 3 saturated carbocycles. The SMILES string of the molecule is COC(=O)O[C@@]12COC1C[C@H](O)[C@@]1(C)C(=O)[C@H](OC(C)=O)C3=C(C)[C@@H](OC(=O)[C@H](O)[C@@H](NC(=O)C4CCC4)c4ccccc4)C[C@@](O)(C(OC(=O)c4ccccc4)C21)C3(C)C. The molecular formula is C45H53NO15. The number of rotatable bonds is 10. The Labute approximate surface area is 352 Å². The molecule has 328 valence electrons. The highest BCUT2D eigenvalue weighted by Crippen LogP contribution is 2.64. The van der Waals surface area contributed by atoms with Crippen LogP contribution < -0.4 is 5.32 Å². The van der Waals surface area contributed by atoms with Crippen LogP contribution in [-0.4, -0.2) is 113 Å². The van der Waals surface area contributed by atoms with Gasteiger partial charge in [0.15, 0.2) is 23.6 Å². The molecule has 16 heteroatoms. The number of methoxy groups -OCH3 is 1. The minimum Gasteiger partial charge on any atom is -0.456 e. The molecule has 2 bridgehead atoms. The number of esters is 3. The summed E-state index contributed by atoms with van der Waals surface area (Å²) in [5.74, 6) is -6.17. The first-order valence-electron chi connectivity index (χ1n) is 20.5. The van der Waals surface area contributed by atoms with Crippen molar-refractivity contribution in [1.82, 2.24) is 5.32 Å². The van der Waals surface area contributed by atoms with E-state index >= 15 is 4.79 Å². The lowest BCUT2D eigenvalue weighted by atomic mass is 9.44. The summed E-state index contributed by atoms with van der Waals surface area (Å²) < 4.78 is 35.1. The summed E-state index contributed by atoms with van der Waals surface area (Å²) in [4.78, 5) is 83.3. The van der Waals surface area contributed by atoms with Crippen molar-refractivity contribution >= 4 is 35.8 Å². The van der Waals surface area contributed by atoms with Crippen molar-refractivity contribution in [3.05, 3.63) is 82.9 Å². The van der Waals surface area contributed by atoms with Gasteiger partial charge < -0.3 is 49.1 Å². The Morgan fingerprint density at radius 3 is 2.13 bits per heavy atom. The lowest BCUT2D eigenvalue weighted by Gasteiger charge is -2.67. The van der Waals surface area contributed by atoms with Gasteiger partial charge in [-0.1, -0.05) is 68.8 Å². The molecule has 4 aliphatic carbocycles. The molecule has 2 aromatic carbocycles. The molecular weight excluding hydrogens is 794 g/mol. The number of hydrogen-bond donors (Lipinski definition) is 4. The number of carbonyl (C=O) groups is 6.